The Hall–Kier alpha value is -1.15. The molecule has 0 spiro atoms. The standard InChI is InChI=1S/C17H32N2O5S/c1-16(2,3)23-14(21)18-10-12(13(20)11-18)19(8-9-25-7)15(22)24-17(4,5)6/h12-13,20H,8-11H2,1-7H3/t12-,13-/m0/s1. The van der Waals surface area contributed by atoms with Crippen LogP contribution in [0.2, 0.25) is 0 Å². The number of β-amino-alcohol motifs (C(OH)–C–C–N with tert-alkyl or cyclic N) is 1. The summed E-state index contributed by atoms with van der Waals surface area (Å²) >= 11 is 1.60. The Kier molecular flexibility index (Phi) is 7.43. The molecule has 1 rings (SSSR count). The van der Waals surface area contributed by atoms with Gasteiger partial charge in [0, 0.05) is 18.8 Å². The predicted octanol–water partition coefficient (Wildman–Crippen LogP) is 2.57. The smallest absolute Gasteiger partial charge is 0.410 e. The Labute approximate surface area is 155 Å². The predicted molar refractivity (Wildman–Crippen MR) is 98.9 cm³/mol. The van der Waals surface area contributed by atoms with E-state index in [-0.39, 0.29) is 13.1 Å². The minimum atomic E-state index is -0.832. The molecular weight excluding hydrogens is 344 g/mol. The van der Waals surface area contributed by atoms with Gasteiger partial charge in [0.15, 0.2) is 0 Å². The average Bonchev–Trinajstić information content (AvgIpc) is 2.77. The molecule has 1 aliphatic rings. The van der Waals surface area contributed by atoms with Gasteiger partial charge in [0.05, 0.1) is 18.7 Å². The van der Waals surface area contributed by atoms with Crippen LogP contribution in [0.1, 0.15) is 41.5 Å². The minimum absolute atomic E-state index is 0.137. The number of nitrogens with zero attached hydrogens (tertiary/aromatic N) is 2. The lowest BCUT2D eigenvalue weighted by atomic mass is 10.2. The molecule has 1 saturated heterocycles. The number of likely N-dealkylation sites (tertiary alicyclic amines) is 1. The molecule has 0 aromatic carbocycles. The van der Waals surface area contributed by atoms with Crippen LogP contribution in [0.4, 0.5) is 9.59 Å². The lowest BCUT2D eigenvalue weighted by Crippen LogP contribution is -2.49. The summed E-state index contributed by atoms with van der Waals surface area (Å²) in [5.41, 5.74) is -1.23. The molecule has 8 heteroatoms. The molecule has 0 aromatic rings. The SMILES string of the molecule is CSCCN(C(=O)OC(C)(C)C)[C@H]1CN(C(=O)OC(C)(C)C)C[C@@H]1O. The molecule has 1 aliphatic heterocycles. The van der Waals surface area contributed by atoms with Crippen molar-refractivity contribution in [1.29, 1.82) is 0 Å². The van der Waals surface area contributed by atoms with Crippen LogP contribution in [0.25, 0.3) is 0 Å². The second kappa shape index (κ2) is 8.49. The van der Waals surface area contributed by atoms with Gasteiger partial charge in [-0.15, -0.1) is 0 Å². The Morgan fingerprint density at radius 1 is 1.12 bits per heavy atom. The molecule has 0 aromatic heterocycles. The van der Waals surface area contributed by atoms with Gasteiger partial charge in [-0.05, 0) is 47.8 Å². The topological polar surface area (TPSA) is 79.3 Å². The van der Waals surface area contributed by atoms with E-state index < -0.39 is 35.5 Å². The molecule has 146 valence electrons. The van der Waals surface area contributed by atoms with Gasteiger partial charge in [-0.25, -0.2) is 9.59 Å². The lowest BCUT2D eigenvalue weighted by Gasteiger charge is -2.32. The van der Waals surface area contributed by atoms with Crippen molar-refractivity contribution >= 4 is 23.9 Å². The van der Waals surface area contributed by atoms with E-state index in [0.29, 0.717) is 6.54 Å². The van der Waals surface area contributed by atoms with E-state index in [4.69, 9.17) is 9.47 Å². The summed E-state index contributed by atoms with van der Waals surface area (Å²) in [5, 5.41) is 10.4. The highest BCUT2D eigenvalue weighted by molar-refractivity contribution is 7.98. The molecule has 0 aliphatic carbocycles. The summed E-state index contributed by atoms with van der Waals surface area (Å²) in [5.74, 6) is 0.717. The number of aliphatic hydroxyl groups is 1. The van der Waals surface area contributed by atoms with Crippen LogP contribution in [0.15, 0.2) is 0 Å². The third-order valence-electron chi connectivity index (χ3n) is 3.48. The Morgan fingerprint density at radius 3 is 2.16 bits per heavy atom. The first-order valence-electron chi connectivity index (χ1n) is 8.48. The summed E-state index contributed by atoms with van der Waals surface area (Å²) in [4.78, 5) is 27.8. The number of aliphatic hydroxyl groups excluding tert-OH is 1. The Balaban J connectivity index is 2.84. The van der Waals surface area contributed by atoms with Crippen molar-refractivity contribution < 1.29 is 24.2 Å². The van der Waals surface area contributed by atoms with Crippen molar-refractivity contribution in [3.05, 3.63) is 0 Å². The number of hydrogen-bond acceptors (Lipinski definition) is 6. The van der Waals surface area contributed by atoms with Gasteiger partial charge in [0.2, 0.25) is 0 Å². The van der Waals surface area contributed by atoms with E-state index in [2.05, 4.69) is 0 Å². The van der Waals surface area contributed by atoms with Crippen LogP contribution in [-0.4, -0.2) is 82.1 Å². The van der Waals surface area contributed by atoms with Gasteiger partial charge in [-0.1, -0.05) is 0 Å². The maximum atomic E-state index is 12.6. The van der Waals surface area contributed by atoms with Gasteiger partial charge in [-0.3, -0.25) is 4.90 Å². The molecule has 1 N–H and O–H groups in total. The summed E-state index contributed by atoms with van der Waals surface area (Å²) in [7, 11) is 0. The molecule has 0 radical (unpaired) electrons. The van der Waals surface area contributed by atoms with Gasteiger partial charge < -0.3 is 19.5 Å². The van der Waals surface area contributed by atoms with Gasteiger partial charge >= 0.3 is 12.2 Å². The number of ether oxygens (including phenoxy) is 2. The van der Waals surface area contributed by atoms with E-state index in [1.54, 1.807) is 53.3 Å². The fourth-order valence-electron chi connectivity index (χ4n) is 2.45. The monoisotopic (exact) mass is 376 g/mol. The molecule has 7 nitrogen and oxygen atoms in total. The number of carbonyl (C=O) groups excluding carboxylic acids is 2. The van der Waals surface area contributed by atoms with Crippen molar-refractivity contribution in [1.82, 2.24) is 9.80 Å². The quantitative estimate of drug-likeness (QED) is 0.812. The van der Waals surface area contributed by atoms with E-state index in [9.17, 15) is 14.7 Å². The Morgan fingerprint density at radius 2 is 1.68 bits per heavy atom. The van der Waals surface area contributed by atoms with Crippen LogP contribution in [-0.2, 0) is 9.47 Å². The average molecular weight is 377 g/mol. The molecule has 0 bridgehead atoms. The van der Waals surface area contributed by atoms with Gasteiger partial charge in [-0.2, -0.15) is 11.8 Å². The molecule has 2 atom stereocenters. The summed E-state index contributed by atoms with van der Waals surface area (Å²) < 4.78 is 10.8. The second-order valence-electron chi connectivity index (χ2n) is 8.19. The zero-order valence-electron chi connectivity index (χ0n) is 16.4. The van der Waals surface area contributed by atoms with Crippen molar-refractivity contribution in [2.45, 2.75) is 64.9 Å². The fourth-order valence-corrected chi connectivity index (χ4v) is 2.83. The van der Waals surface area contributed by atoms with Crippen LogP contribution < -0.4 is 0 Å². The molecule has 0 saturated carbocycles. The van der Waals surface area contributed by atoms with Crippen molar-refractivity contribution in [2.24, 2.45) is 0 Å². The minimum Gasteiger partial charge on any atom is -0.444 e. The van der Waals surface area contributed by atoms with Crippen molar-refractivity contribution in [3.8, 4) is 0 Å². The maximum Gasteiger partial charge on any atom is 0.410 e. The van der Waals surface area contributed by atoms with Crippen LogP contribution >= 0.6 is 11.8 Å². The number of rotatable bonds is 4. The second-order valence-corrected chi connectivity index (χ2v) is 9.17. The zero-order chi connectivity index (χ0) is 19.4. The van der Waals surface area contributed by atoms with E-state index in [0.717, 1.165) is 5.75 Å². The molecule has 0 unspecified atom stereocenters. The largest absolute Gasteiger partial charge is 0.444 e. The fraction of sp³-hybridized carbons (Fsp3) is 0.882. The van der Waals surface area contributed by atoms with Crippen molar-refractivity contribution in [3.63, 3.8) is 0 Å². The van der Waals surface area contributed by atoms with Crippen LogP contribution in [0.5, 0.6) is 0 Å². The lowest BCUT2D eigenvalue weighted by molar-refractivity contribution is 0.00520. The first-order chi connectivity index (χ1) is 11.3. The molecule has 2 amide bonds. The summed E-state index contributed by atoms with van der Waals surface area (Å²) in [6.07, 6.45) is 0.160. The number of thioether (sulfide) groups is 1. The molecule has 25 heavy (non-hydrogen) atoms. The summed E-state index contributed by atoms with van der Waals surface area (Å²) in [6.45, 7) is 11.6. The van der Waals surface area contributed by atoms with E-state index in [1.165, 1.54) is 9.80 Å². The highest BCUT2D eigenvalue weighted by Crippen LogP contribution is 2.22. The van der Waals surface area contributed by atoms with Gasteiger partial charge in [0.1, 0.15) is 11.2 Å². The molecule has 1 heterocycles. The first kappa shape index (κ1) is 21.9. The molecule has 1 fully saturated rings. The van der Waals surface area contributed by atoms with Crippen LogP contribution in [0, 0.1) is 0 Å². The maximum absolute atomic E-state index is 12.6. The first-order valence-corrected chi connectivity index (χ1v) is 9.88. The third-order valence-corrected chi connectivity index (χ3v) is 4.07. The van der Waals surface area contributed by atoms with Crippen LogP contribution in [0.3, 0.4) is 0 Å². The van der Waals surface area contributed by atoms with E-state index in [1.807, 2.05) is 6.26 Å². The normalized spacial score (nSPS) is 21.2. The van der Waals surface area contributed by atoms with E-state index >= 15 is 0 Å². The van der Waals surface area contributed by atoms with Crippen molar-refractivity contribution in [2.75, 3.05) is 31.6 Å². The Bertz CT molecular complexity index is 473. The highest BCUT2D eigenvalue weighted by Gasteiger charge is 2.42. The summed E-state index contributed by atoms with van der Waals surface area (Å²) in [6, 6.07) is -0.505. The third kappa shape index (κ3) is 7.32. The number of amides is 2. The zero-order valence-corrected chi connectivity index (χ0v) is 17.2. The molecular formula is C17H32N2O5S. The number of hydrogen-bond donors (Lipinski definition) is 1. The number of carbonyl (C=O) groups is 2. The van der Waals surface area contributed by atoms with Gasteiger partial charge in [0.25, 0.3) is 0 Å². The highest BCUT2D eigenvalue weighted by atomic mass is 32.2.